The van der Waals surface area contributed by atoms with Gasteiger partial charge in [-0.2, -0.15) is 0 Å². The molecule has 0 bridgehead atoms. The van der Waals surface area contributed by atoms with Crippen LogP contribution in [0.5, 0.6) is 23.0 Å². The molecule has 25 heavy (non-hydrogen) atoms. The van der Waals surface area contributed by atoms with Gasteiger partial charge in [0.05, 0.1) is 28.4 Å². The fourth-order valence-electron chi connectivity index (χ4n) is 2.23. The minimum absolute atomic E-state index is 0.280. The third-order valence-electron chi connectivity index (χ3n) is 3.50. The fourth-order valence-corrected chi connectivity index (χ4v) is 2.23. The van der Waals surface area contributed by atoms with Gasteiger partial charge in [0.25, 0.3) is 0 Å². The second-order valence-corrected chi connectivity index (χ2v) is 5.00. The molecule has 2 aromatic carbocycles. The molecule has 0 heterocycles. The number of nitrogens with one attached hydrogen (secondary N) is 1. The molecule has 2 aromatic rings. The van der Waals surface area contributed by atoms with E-state index in [2.05, 4.69) is 5.32 Å². The van der Waals surface area contributed by atoms with Crippen molar-refractivity contribution >= 4 is 17.7 Å². The van der Waals surface area contributed by atoms with Crippen molar-refractivity contribution in [1.82, 2.24) is 0 Å². The van der Waals surface area contributed by atoms with Crippen LogP contribution < -0.4 is 24.3 Å². The van der Waals surface area contributed by atoms with Crippen LogP contribution in [0.2, 0.25) is 0 Å². The lowest BCUT2D eigenvalue weighted by atomic mass is 10.1. The molecule has 2 rings (SSSR count). The van der Waals surface area contributed by atoms with Crippen molar-refractivity contribution in [2.45, 2.75) is 0 Å². The first-order chi connectivity index (χ1) is 12.1. The van der Waals surface area contributed by atoms with E-state index in [1.54, 1.807) is 70.9 Å². The summed E-state index contributed by atoms with van der Waals surface area (Å²) in [5, 5.41) is 2.77. The summed E-state index contributed by atoms with van der Waals surface area (Å²) in [6.45, 7) is 0. The molecule has 0 spiro atoms. The van der Waals surface area contributed by atoms with E-state index in [-0.39, 0.29) is 5.91 Å². The monoisotopic (exact) mass is 343 g/mol. The first-order valence-electron chi connectivity index (χ1n) is 7.54. The van der Waals surface area contributed by atoms with Gasteiger partial charge in [0.1, 0.15) is 11.5 Å². The Balaban J connectivity index is 2.13. The van der Waals surface area contributed by atoms with Crippen LogP contribution in [-0.4, -0.2) is 34.3 Å². The van der Waals surface area contributed by atoms with E-state index in [0.717, 1.165) is 5.56 Å². The number of carbonyl (C=O) groups is 1. The van der Waals surface area contributed by atoms with Gasteiger partial charge in [0.2, 0.25) is 5.91 Å². The third-order valence-corrected chi connectivity index (χ3v) is 3.50. The van der Waals surface area contributed by atoms with Crippen LogP contribution in [0.3, 0.4) is 0 Å². The van der Waals surface area contributed by atoms with Gasteiger partial charge in [-0.1, -0.05) is 0 Å². The van der Waals surface area contributed by atoms with Crippen LogP contribution in [0, 0.1) is 0 Å². The summed E-state index contributed by atoms with van der Waals surface area (Å²) < 4.78 is 20.9. The van der Waals surface area contributed by atoms with Crippen molar-refractivity contribution in [3.05, 3.63) is 48.0 Å². The van der Waals surface area contributed by atoms with Gasteiger partial charge >= 0.3 is 0 Å². The Labute approximate surface area is 147 Å². The van der Waals surface area contributed by atoms with Crippen molar-refractivity contribution in [3.8, 4) is 23.0 Å². The normalized spacial score (nSPS) is 10.4. The standard InChI is InChI=1S/C19H21NO5/c1-22-15-7-9-16(23-2)13(11-15)5-10-19(21)20-14-6-8-17(24-3)18(12-14)25-4/h5-12H,1-4H3,(H,20,21)/b10-5+. The van der Waals surface area contributed by atoms with E-state index in [9.17, 15) is 4.79 Å². The predicted molar refractivity (Wildman–Crippen MR) is 96.8 cm³/mol. The molecule has 1 N–H and O–H groups in total. The summed E-state index contributed by atoms with van der Waals surface area (Å²) in [7, 11) is 6.25. The number of anilines is 1. The highest BCUT2D eigenvalue weighted by molar-refractivity contribution is 6.02. The van der Waals surface area contributed by atoms with Crippen LogP contribution in [-0.2, 0) is 4.79 Å². The average molecular weight is 343 g/mol. The van der Waals surface area contributed by atoms with Crippen LogP contribution in [0.25, 0.3) is 6.08 Å². The number of rotatable bonds is 7. The molecular formula is C19H21NO5. The summed E-state index contributed by atoms with van der Waals surface area (Å²) in [5.74, 6) is 2.18. The van der Waals surface area contributed by atoms with Crippen LogP contribution in [0.4, 0.5) is 5.69 Å². The smallest absolute Gasteiger partial charge is 0.248 e. The number of benzene rings is 2. The van der Waals surface area contributed by atoms with Gasteiger partial charge in [-0.25, -0.2) is 0 Å². The molecule has 0 radical (unpaired) electrons. The lowest BCUT2D eigenvalue weighted by Gasteiger charge is -2.10. The maximum Gasteiger partial charge on any atom is 0.248 e. The highest BCUT2D eigenvalue weighted by atomic mass is 16.5. The molecule has 0 saturated heterocycles. The van der Waals surface area contributed by atoms with E-state index in [1.807, 2.05) is 0 Å². The fraction of sp³-hybridized carbons (Fsp3) is 0.211. The number of hydrogen-bond donors (Lipinski definition) is 1. The summed E-state index contributed by atoms with van der Waals surface area (Å²) in [6, 6.07) is 10.5. The summed E-state index contributed by atoms with van der Waals surface area (Å²) in [5.41, 5.74) is 1.34. The quantitative estimate of drug-likeness (QED) is 0.781. The van der Waals surface area contributed by atoms with E-state index in [0.29, 0.717) is 28.7 Å². The predicted octanol–water partition coefficient (Wildman–Crippen LogP) is 3.37. The maximum atomic E-state index is 12.2. The average Bonchev–Trinajstić information content (AvgIpc) is 2.65. The molecule has 0 saturated carbocycles. The zero-order valence-corrected chi connectivity index (χ0v) is 14.7. The van der Waals surface area contributed by atoms with Crippen LogP contribution in [0.15, 0.2) is 42.5 Å². The number of carbonyl (C=O) groups excluding carboxylic acids is 1. The maximum absolute atomic E-state index is 12.2. The summed E-state index contributed by atoms with van der Waals surface area (Å²) in [6.07, 6.45) is 3.09. The van der Waals surface area contributed by atoms with Gasteiger partial charge in [-0.3, -0.25) is 4.79 Å². The van der Waals surface area contributed by atoms with Crippen molar-refractivity contribution in [3.63, 3.8) is 0 Å². The van der Waals surface area contributed by atoms with Crippen molar-refractivity contribution in [1.29, 1.82) is 0 Å². The molecule has 0 atom stereocenters. The first-order valence-corrected chi connectivity index (χ1v) is 7.54. The molecule has 0 fully saturated rings. The van der Waals surface area contributed by atoms with Crippen molar-refractivity contribution in [2.24, 2.45) is 0 Å². The second-order valence-electron chi connectivity index (χ2n) is 5.00. The number of amides is 1. The highest BCUT2D eigenvalue weighted by Crippen LogP contribution is 2.30. The molecule has 132 valence electrons. The van der Waals surface area contributed by atoms with Crippen LogP contribution in [0.1, 0.15) is 5.56 Å². The molecule has 0 aliphatic carbocycles. The van der Waals surface area contributed by atoms with Crippen molar-refractivity contribution in [2.75, 3.05) is 33.8 Å². The SMILES string of the molecule is COc1ccc(OC)c(/C=C/C(=O)Nc2ccc(OC)c(OC)c2)c1. The van der Waals surface area contributed by atoms with E-state index in [1.165, 1.54) is 6.08 Å². The Morgan fingerprint density at radius 1 is 0.840 bits per heavy atom. The molecule has 0 aliphatic rings. The first kappa shape index (κ1) is 18.2. The van der Waals surface area contributed by atoms with Gasteiger partial charge in [-0.15, -0.1) is 0 Å². The minimum Gasteiger partial charge on any atom is -0.497 e. The Bertz CT molecular complexity index is 770. The van der Waals surface area contributed by atoms with E-state index >= 15 is 0 Å². The van der Waals surface area contributed by atoms with Crippen molar-refractivity contribution < 1.29 is 23.7 Å². The molecule has 0 aromatic heterocycles. The van der Waals surface area contributed by atoms with Gasteiger partial charge in [0, 0.05) is 23.4 Å². The zero-order chi connectivity index (χ0) is 18.2. The van der Waals surface area contributed by atoms with Gasteiger partial charge in [0.15, 0.2) is 11.5 Å². The second kappa shape index (κ2) is 8.63. The summed E-state index contributed by atoms with van der Waals surface area (Å²) >= 11 is 0. The highest BCUT2D eigenvalue weighted by Gasteiger charge is 2.07. The molecule has 0 unspecified atom stereocenters. The Morgan fingerprint density at radius 2 is 1.52 bits per heavy atom. The van der Waals surface area contributed by atoms with Crippen LogP contribution >= 0.6 is 0 Å². The van der Waals surface area contributed by atoms with Gasteiger partial charge < -0.3 is 24.3 Å². The largest absolute Gasteiger partial charge is 0.497 e. The molecule has 0 aliphatic heterocycles. The number of methoxy groups -OCH3 is 4. The molecule has 6 heteroatoms. The number of ether oxygens (including phenoxy) is 4. The number of hydrogen-bond acceptors (Lipinski definition) is 5. The molecule has 6 nitrogen and oxygen atoms in total. The molecule has 1 amide bonds. The van der Waals surface area contributed by atoms with E-state index < -0.39 is 0 Å². The topological polar surface area (TPSA) is 66.0 Å². The van der Waals surface area contributed by atoms with E-state index in [4.69, 9.17) is 18.9 Å². The lowest BCUT2D eigenvalue weighted by molar-refractivity contribution is -0.111. The Morgan fingerprint density at radius 3 is 2.16 bits per heavy atom. The Kier molecular flexibility index (Phi) is 6.28. The molecular weight excluding hydrogens is 322 g/mol. The van der Waals surface area contributed by atoms with Gasteiger partial charge in [-0.05, 0) is 36.4 Å². The lowest BCUT2D eigenvalue weighted by Crippen LogP contribution is -2.08. The minimum atomic E-state index is -0.280. The summed E-state index contributed by atoms with van der Waals surface area (Å²) in [4.78, 5) is 12.2. The third kappa shape index (κ3) is 4.67. The zero-order valence-electron chi connectivity index (χ0n) is 14.7. The Hall–Kier alpha value is -3.15.